The second-order valence-corrected chi connectivity index (χ2v) is 9.10. The van der Waals surface area contributed by atoms with E-state index in [2.05, 4.69) is 4.74 Å². The van der Waals surface area contributed by atoms with Gasteiger partial charge < -0.3 is 9.64 Å². The predicted octanol–water partition coefficient (Wildman–Crippen LogP) is 3.00. The molecule has 0 unspecified atom stereocenters. The summed E-state index contributed by atoms with van der Waals surface area (Å²) in [6.45, 7) is 0.791. The molecule has 0 spiro atoms. The topological polar surface area (TPSA) is 66.9 Å². The molecule has 2 aliphatic rings. The molecule has 0 atom stereocenters. The molecule has 10 heteroatoms. The molecule has 6 nitrogen and oxygen atoms in total. The van der Waals surface area contributed by atoms with Crippen molar-refractivity contribution in [2.45, 2.75) is 43.4 Å². The standard InChI is InChI=1S/C18H23F3N2O4S/c19-18(20,21)27-15-6-3-7-16(13-15)28(25,26)23-10-8-22(9-11-23)17(24)12-14-4-1-2-5-14/h3,6-7,13-14H,1-2,4-5,8-12H2. The van der Waals surface area contributed by atoms with Crippen molar-refractivity contribution in [1.82, 2.24) is 9.21 Å². The van der Waals surface area contributed by atoms with Crippen LogP contribution in [-0.2, 0) is 14.8 Å². The number of nitrogens with zero attached hydrogens (tertiary/aromatic N) is 2. The summed E-state index contributed by atoms with van der Waals surface area (Å²) in [6.07, 6.45) is 0.0479. The summed E-state index contributed by atoms with van der Waals surface area (Å²) < 4.78 is 67.6. The first-order valence-electron chi connectivity index (χ1n) is 9.29. The lowest BCUT2D eigenvalue weighted by molar-refractivity contribution is -0.274. The Balaban J connectivity index is 1.61. The van der Waals surface area contributed by atoms with Crippen LogP contribution in [0.5, 0.6) is 5.75 Å². The van der Waals surface area contributed by atoms with Crippen LogP contribution in [0, 0.1) is 5.92 Å². The highest BCUT2D eigenvalue weighted by Gasteiger charge is 2.33. The molecule has 1 aliphatic carbocycles. The van der Waals surface area contributed by atoms with Crippen LogP contribution < -0.4 is 4.74 Å². The number of hydrogen-bond acceptors (Lipinski definition) is 4. The number of benzene rings is 1. The van der Waals surface area contributed by atoms with Crippen LogP contribution in [0.3, 0.4) is 0 Å². The zero-order valence-corrected chi connectivity index (χ0v) is 16.1. The maximum Gasteiger partial charge on any atom is 0.573 e. The van der Waals surface area contributed by atoms with Gasteiger partial charge in [0.05, 0.1) is 4.90 Å². The number of rotatable bonds is 5. The monoisotopic (exact) mass is 420 g/mol. The van der Waals surface area contributed by atoms with Crippen molar-refractivity contribution in [3.63, 3.8) is 0 Å². The molecule has 1 aromatic rings. The molecule has 0 aromatic heterocycles. The van der Waals surface area contributed by atoms with E-state index in [4.69, 9.17) is 0 Å². The number of amides is 1. The van der Waals surface area contributed by atoms with E-state index < -0.39 is 22.1 Å². The Morgan fingerprint density at radius 1 is 1.11 bits per heavy atom. The fourth-order valence-electron chi connectivity index (χ4n) is 3.75. The minimum atomic E-state index is -4.90. The summed E-state index contributed by atoms with van der Waals surface area (Å²) in [5.41, 5.74) is 0. The van der Waals surface area contributed by atoms with Crippen LogP contribution in [0.25, 0.3) is 0 Å². The van der Waals surface area contributed by atoms with Gasteiger partial charge in [-0.25, -0.2) is 8.42 Å². The third-order valence-electron chi connectivity index (χ3n) is 5.21. The SMILES string of the molecule is O=C(CC1CCCC1)N1CCN(S(=O)(=O)c2cccc(OC(F)(F)F)c2)CC1. The molecule has 1 saturated carbocycles. The van der Waals surface area contributed by atoms with E-state index in [1.165, 1.54) is 16.4 Å². The molecule has 28 heavy (non-hydrogen) atoms. The molecular formula is C18H23F3N2O4S. The van der Waals surface area contributed by atoms with Crippen LogP contribution in [0.15, 0.2) is 29.2 Å². The van der Waals surface area contributed by atoms with Gasteiger partial charge in [-0.2, -0.15) is 4.31 Å². The molecular weight excluding hydrogens is 397 g/mol. The normalized spacial score (nSPS) is 19.8. The number of piperazine rings is 1. The van der Waals surface area contributed by atoms with Crippen LogP contribution in [0.1, 0.15) is 32.1 Å². The minimum Gasteiger partial charge on any atom is -0.406 e. The quantitative estimate of drug-likeness (QED) is 0.735. The van der Waals surface area contributed by atoms with Crippen molar-refractivity contribution < 1.29 is 31.1 Å². The Bertz CT molecular complexity index is 799. The average molecular weight is 420 g/mol. The third-order valence-corrected chi connectivity index (χ3v) is 7.10. The van der Waals surface area contributed by atoms with Gasteiger partial charge in [0.2, 0.25) is 15.9 Å². The number of carbonyl (C=O) groups excluding carboxylic acids is 1. The van der Waals surface area contributed by atoms with Gasteiger partial charge in [0.25, 0.3) is 0 Å². The molecule has 1 saturated heterocycles. The van der Waals surface area contributed by atoms with Crippen molar-refractivity contribution in [2.75, 3.05) is 26.2 Å². The number of ether oxygens (including phenoxy) is 1. The molecule has 0 radical (unpaired) electrons. The summed E-state index contributed by atoms with van der Waals surface area (Å²) in [4.78, 5) is 13.8. The predicted molar refractivity (Wildman–Crippen MR) is 95.0 cm³/mol. The van der Waals surface area contributed by atoms with E-state index in [1.807, 2.05) is 0 Å². The highest BCUT2D eigenvalue weighted by Crippen LogP contribution is 2.29. The average Bonchev–Trinajstić information content (AvgIpc) is 3.13. The van der Waals surface area contributed by atoms with Gasteiger partial charge in [-0.1, -0.05) is 18.9 Å². The largest absolute Gasteiger partial charge is 0.573 e. The van der Waals surface area contributed by atoms with Crippen molar-refractivity contribution in [3.8, 4) is 5.75 Å². The lowest BCUT2D eigenvalue weighted by Crippen LogP contribution is -2.50. The van der Waals surface area contributed by atoms with Gasteiger partial charge in [0.1, 0.15) is 5.75 Å². The van der Waals surface area contributed by atoms with Crippen LogP contribution in [-0.4, -0.2) is 56.1 Å². The van der Waals surface area contributed by atoms with Crippen molar-refractivity contribution in [2.24, 2.45) is 5.92 Å². The molecule has 2 fully saturated rings. The van der Waals surface area contributed by atoms with Gasteiger partial charge in [-0.15, -0.1) is 13.2 Å². The molecule has 0 N–H and O–H groups in total. The van der Waals surface area contributed by atoms with Crippen LogP contribution in [0.4, 0.5) is 13.2 Å². The van der Waals surface area contributed by atoms with Crippen molar-refractivity contribution >= 4 is 15.9 Å². The van der Waals surface area contributed by atoms with Gasteiger partial charge in [0, 0.05) is 38.7 Å². The molecule has 0 bridgehead atoms. The van der Waals surface area contributed by atoms with Gasteiger partial charge >= 0.3 is 6.36 Å². The Morgan fingerprint density at radius 2 is 1.75 bits per heavy atom. The minimum absolute atomic E-state index is 0.0459. The second kappa shape index (κ2) is 8.28. The summed E-state index contributed by atoms with van der Waals surface area (Å²) >= 11 is 0. The van der Waals surface area contributed by atoms with Crippen LogP contribution in [0.2, 0.25) is 0 Å². The van der Waals surface area contributed by atoms with E-state index >= 15 is 0 Å². The smallest absolute Gasteiger partial charge is 0.406 e. The highest BCUT2D eigenvalue weighted by molar-refractivity contribution is 7.89. The zero-order chi connectivity index (χ0) is 20.4. The van der Waals surface area contributed by atoms with Crippen molar-refractivity contribution in [1.29, 1.82) is 0 Å². The Morgan fingerprint density at radius 3 is 2.36 bits per heavy atom. The van der Waals surface area contributed by atoms with Gasteiger partial charge in [0.15, 0.2) is 0 Å². The first-order chi connectivity index (χ1) is 13.1. The first-order valence-corrected chi connectivity index (χ1v) is 10.7. The van der Waals surface area contributed by atoms with Gasteiger partial charge in [-0.3, -0.25) is 4.79 Å². The fourth-order valence-corrected chi connectivity index (χ4v) is 5.21. The van der Waals surface area contributed by atoms with E-state index in [9.17, 15) is 26.4 Å². The second-order valence-electron chi connectivity index (χ2n) is 7.16. The Kier molecular flexibility index (Phi) is 6.18. The zero-order valence-electron chi connectivity index (χ0n) is 15.3. The van der Waals surface area contributed by atoms with Gasteiger partial charge in [-0.05, 0) is 30.9 Å². The van der Waals surface area contributed by atoms with E-state index in [-0.39, 0.29) is 37.0 Å². The third kappa shape index (κ3) is 5.16. The maximum atomic E-state index is 12.7. The summed E-state index contributed by atoms with van der Waals surface area (Å²) in [7, 11) is -3.96. The van der Waals surface area contributed by atoms with E-state index in [1.54, 1.807) is 4.90 Å². The first kappa shape index (κ1) is 20.9. The lowest BCUT2D eigenvalue weighted by Gasteiger charge is -2.34. The molecule has 1 aromatic carbocycles. The van der Waals surface area contributed by atoms with E-state index in [0.717, 1.165) is 37.8 Å². The van der Waals surface area contributed by atoms with Crippen molar-refractivity contribution in [3.05, 3.63) is 24.3 Å². The summed E-state index contributed by atoms with van der Waals surface area (Å²) in [5.74, 6) is -0.117. The van der Waals surface area contributed by atoms with Crippen LogP contribution >= 0.6 is 0 Å². The molecule has 3 rings (SSSR count). The maximum absolute atomic E-state index is 12.7. The molecule has 1 amide bonds. The number of alkyl halides is 3. The summed E-state index contributed by atoms with van der Waals surface area (Å²) in [6, 6.07) is 4.35. The Labute approximate surface area is 162 Å². The highest BCUT2D eigenvalue weighted by atomic mass is 32.2. The number of carbonyl (C=O) groups is 1. The van der Waals surface area contributed by atoms with E-state index in [0.29, 0.717) is 12.3 Å². The molecule has 1 heterocycles. The lowest BCUT2D eigenvalue weighted by atomic mass is 10.0. The Hall–Kier alpha value is -1.81. The molecule has 1 aliphatic heterocycles. The number of halogens is 3. The fraction of sp³-hybridized carbons (Fsp3) is 0.611. The molecule has 156 valence electrons. The number of hydrogen-bond donors (Lipinski definition) is 0. The summed E-state index contributed by atoms with van der Waals surface area (Å²) in [5, 5.41) is 0. The number of sulfonamides is 1.